The monoisotopic (exact) mass is 195 g/mol. The van der Waals surface area contributed by atoms with Crippen molar-refractivity contribution >= 4 is 5.82 Å². The molecule has 0 aromatic carbocycles. The molecule has 0 radical (unpaired) electrons. The summed E-state index contributed by atoms with van der Waals surface area (Å²) in [4.78, 5) is 13.7. The van der Waals surface area contributed by atoms with Crippen molar-refractivity contribution in [2.75, 3.05) is 0 Å². The van der Waals surface area contributed by atoms with E-state index < -0.39 is 11.0 Å². The Morgan fingerprint density at radius 2 is 2.57 bits per heavy atom. The first-order valence-electron chi connectivity index (χ1n) is 3.87. The van der Waals surface area contributed by atoms with Gasteiger partial charge in [0.25, 0.3) is 0 Å². The van der Waals surface area contributed by atoms with Gasteiger partial charge in [0, 0.05) is 6.92 Å². The number of terminal acetylenes is 1. The summed E-state index contributed by atoms with van der Waals surface area (Å²) >= 11 is 0. The van der Waals surface area contributed by atoms with Gasteiger partial charge in [0.2, 0.25) is 0 Å². The standard InChI is InChI=1S/C8H9N3O3/c1-3-7(12)5-10-6(2)9-4-8(10)11(13)14/h1,4,7,12H,5H2,2H3. The smallest absolute Gasteiger partial charge is 0.342 e. The van der Waals surface area contributed by atoms with Crippen LogP contribution in [0.25, 0.3) is 0 Å². The molecule has 1 unspecified atom stereocenters. The number of aromatic nitrogens is 2. The molecule has 6 heteroatoms. The number of hydrogen-bond acceptors (Lipinski definition) is 4. The number of aryl methyl sites for hydroxylation is 1. The van der Waals surface area contributed by atoms with E-state index in [0.29, 0.717) is 5.82 Å². The zero-order chi connectivity index (χ0) is 10.7. The summed E-state index contributed by atoms with van der Waals surface area (Å²) in [5, 5.41) is 19.7. The Labute approximate surface area is 80.3 Å². The van der Waals surface area contributed by atoms with Gasteiger partial charge >= 0.3 is 5.82 Å². The molecular weight excluding hydrogens is 186 g/mol. The maximum atomic E-state index is 10.5. The Morgan fingerprint density at radius 1 is 1.93 bits per heavy atom. The van der Waals surface area contributed by atoms with E-state index >= 15 is 0 Å². The van der Waals surface area contributed by atoms with Crippen molar-refractivity contribution in [3.8, 4) is 12.3 Å². The highest BCUT2D eigenvalue weighted by Gasteiger charge is 2.19. The molecule has 1 N–H and O–H groups in total. The Bertz CT molecular complexity index is 391. The van der Waals surface area contributed by atoms with Crippen molar-refractivity contribution in [1.82, 2.24) is 9.55 Å². The third-order valence-electron chi connectivity index (χ3n) is 1.77. The molecule has 0 spiro atoms. The van der Waals surface area contributed by atoms with Gasteiger partial charge in [-0.3, -0.25) is 0 Å². The second-order valence-corrected chi connectivity index (χ2v) is 2.71. The van der Waals surface area contributed by atoms with E-state index in [1.165, 1.54) is 4.57 Å². The van der Waals surface area contributed by atoms with Crippen molar-refractivity contribution in [2.45, 2.75) is 19.6 Å². The van der Waals surface area contributed by atoms with E-state index in [9.17, 15) is 10.1 Å². The first-order chi connectivity index (χ1) is 6.56. The molecule has 6 nitrogen and oxygen atoms in total. The largest absolute Gasteiger partial charge is 0.376 e. The fourth-order valence-corrected chi connectivity index (χ4v) is 1.05. The van der Waals surface area contributed by atoms with Crippen molar-refractivity contribution < 1.29 is 10.0 Å². The van der Waals surface area contributed by atoms with E-state index in [1.54, 1.807) is 6.92 Å². The van der Waals surface area contributed by atoms with E-state index in [-0.39, 0.29) is 12.4 Å². The van der Waals surface area contributed by atoms with Crippen LogP contribution in [0.5, 0.6) is 0 Å². The van der Waals surface area contributed by atoms with Crippen molar-refractivity contribution in [3.05, 3.63) is 22.1 Å². The molecular formula is C8H9N3O3. The second kappa shape index (κ2) is 3.89. The molecule has 0 bridgehead atoms. The van der Waals surface area contributed by atoms with Crippen LogP contribution in [0.2, 0.25) is 0 Å². The van der Waals surface area contributed by atoms with Crippen LogP contribution in [0.1, 0.15) is 5.82 Å². The van der Waals surface area contributed by atoms with Crippen molar-refractivity contribution in [2.24, 2.45) is 0 Å². The van der Waals surface area contributed by atoms with Gasteiger partial charge in [-0.2, -0.15) is 0 Å². The summed E-state index contributed by atoms with van der Waals surface area (Å²) in [7, 11) is 0. The number of rotatable bonds is 3. The first-order valence-corrected chi connectivity index (χ1v) is 3.87. The van der Waals surface area contributed by atoms with E-state index in [2.05, 4.69) is 10.9 Å². The molecule has 1 aromatic heterocycles. The molecule has 0 amide bonds. The highest BCUT2D eigenvalue weighted by molar-refractivity contribution is 5.19. The number of imidazole rings is 1. The number of nitro groups is 1. The summed E-state index contributed by atoms with van der Waals surface area (Å²) < 4.78 is 1.27. The Kier molecular flexibility index (Phi) is 2.84. The topological polar surface area (TPSA) is 81.2 Å². The zero-order valence-electron chi connectivity index (χ0n) is 7.54. The molecule has 0 saturated heterocycles. The molecule has 0 fully saturated rings. The van der Waals surface area contributed by atoms with Crippen LogP contribution in [-0.4, -0.2) is 25.7 Å². The molecule has 74 valence electrons. The lowest BCUT2D eigenvalue weighted by Gasteiger charge is -2.03. The van der Waals surface area contributed by atoms with E-state index in [0.717, 1.165) is 6.20 Å². The molecule has 14 heavy (non-hydrogen) atoms. The number of nitrogens with zero attached hydrogens (tertiary/aromatic N) is 3. The molecule has 1 aromatic rings. The lowest BCUT2D eigenvalue weighted by molar-refractivity contribution is -0.392. The fraction of sp³-hybridized carbons (Fsp3) is 0.375. The third-order valence-corrected chi connectivity index (χ3v) is 1.77. The Balaban J connectivity index is 3.01. The Hall–Kier alpha value is -1.87. The minimum Gasteiger partial charge on any atom is -0.376 e. The van der Waals surface area contributed by atoms with Crippen molar-refractivity contribution in [3.63, 3.8) is 0 Å². The molecule has 0 aliphatic carbocycles. The summed E-state index contributed by atoms with van der Waals surface area (Å²) in [5.74, 6) is 2.36. The maximum absolute atomic E-state index is 10.5. The molecule has 1 rings (SSSR count). The number of aliphatic hydroxyl groups excluding tert-OH is 1. The highest BCUT2D eigenvalue weighted by Crippen LogP contribution is 2.13. The summed E-state index contributed by atoms with van der Waals surface area (Å²) in [6, 6.07) is 0. The van der Waals surface area contributed by atoms with Gasteiger partial charge in [0.1, 0.15) is 12.7 Å². The lowest BCUT2D eigenvalue weighted by atomic mass is 10.3. The summed E-state index contributed by atoms with van der Waals surface area (Å²) in [6.45, 7) is 1.59. The third kappa shape index (κ3) is 1.89. The minimum absolute atomic E-state index is 0.0152. The molecule has 0 saturated carbocycles. The minimum atomic E-state index is -1.04. The van der Waals surface area contributed by atoms with Gasteiger partial charge in [0.15, 0.2) is 11.9 Å². The van der Waals surface area contributed by atoms with Crippen LogP contribution in [0.15, 0.2) is 6.20 Å². The molecule has 0 aliphatic rings. The highest BCUT2D eigenvalue weighted by atomic mass is 16.6. The molecule has 1 heterocycles. The van der Waals surface area contributed by atoms with Gasteiger partial charge in [0.05, 0.1) is 0 Å². The molecule has 1 atom stereocenters. The van der Waals surface area contributed by atoms with Crippen LogP contribution in [0.4, 0.5) is 5.82 Å². The summed E-state index contributed by atoms with van der Waals surface area (Å²) in [6.07, 6.45) is 5.06. The number of aliphatic hydroxyl groups is 1. The molecule has 0 aliphatic heterocycles. The van der Waals surface area contributed by atoms with E-state index in [4.69, 9.17) is 11.5 Å². The first kappa shape index (κ1) is 10.2. The van der Waals surface area contributed by atoms with E-state index in [1.807, 2.05) is 0 Å². The second-order valence-electron chi connectivity index (χ2n) is 2.71. The predicted molar refractivity (Wildman–Crippen MR) is 48.5 cm³/mol. The van der Waals surface area contributed by atoms with Crippen molar-refractivity contribution in [1.29, 1.82) is 0 Å². The predicted octanol–water partition coefficient (Wildman–Crippen LogP) is 0.0938. The zero-order valence-corrected chi connectivity index (χ0v) is 7.54. The van der Waals surface area contributed by atoms with Crippen LogP contribution in [0, 0.1) is 29.4 Å². The van der Waals surface area contributed by atoms with Gasteiger partial charge < -0.3 is 15.2 Å². The quantitative estimate of drug-likeness (QED) is 0.421. The number of hydrogen-bond donors (Lipinski definition) is 1. The van der Waals surface area contributed by atoms with Gasteiger partial charge in [-0.1, -0.05) is 5.92 Å². The Morgan fingerprint density at radius 3 is 3.07 bits per heavy atom. The normalized spacial score (nSPS) is 12.1. The van der Waals surface area contributed by atoms with Crippen LogP contribution in [0.3, 0.4) is 0 Å². The van der Waals surface area contributed by atoms with Gasteiger partial charge in [-0.15, -0.1) is 6.42 Å². The lowest BCUT2D eigenvalue weighted by Crippen LogP contribution is -2.16. The maximum Gasteiger partial charge on any atom is 0.342 e. The summed E-state index contributed by atoms with van der Waals surface area (Å²) in [5.41, 5.74) is 0. The van der Waals surface area contributed by atoms with Crippen LogP contribution < -0.4 is 0 Å². The van der Waals surface area contributed by atoms with Gasteiger partial charge in [-0.25, -0.2) is 9.55 Å². The SMILES string of the molecule is C#CC(O)Cn1c([N+](=O)[O-])cnc1C. The fourth-order valence-electron chi connectivity index (χ4n) is 1.05. The average molecular weight is 195 g/mol. The van der Waals surface area contributed by atoms with Gasteiger partial charge in [-0.05, 0) is 4.92 Å². The van der Waals surface area contributed by atoms with Crippen LogP contribution in [-0.2, 0) is 6.54 Å². The average Bonchev–Trinajstić information content (AvgIpc) is 2.48. The van der Waals surface area contributed by atoms with Crippen LogP contribution >= 0.6 is 0 Å².